The quantitative estimate of drug-likeness (QED) is 0.203. The molecule has 1 aromatic carbocycles. The SMILES string of the molecule is C[C@@H]1CC[C@@H]2C(=CCC[C@@]2(C)CS(=O)(=O)c2ccccc2)[C@@]1(CCOC1CCCCO1)CO[Si](C)(C)C(C)(C)C. The molecule has 1 saturated carbocycles. The van der Waals surface area contributed by atoms with Gasteiger partial charge in [0.25, 0.3) is 0 Å². The number of allylic oxidation sites excluding steroid dienone is 1. The molecule has 2 aliphatic carbocycles. The fraction of sp³-hybridized carbons (Fsp3) is 0.758. The van der Waals surface area contributed by atoms with Gasteiger partial charge in [-0.05, 0) is 98.9 Å². The Morgan fingerprint density at radius 2 is 1.80 bits per heavy atom. The van der Waals surface area contributed by atoms with Gasteiger partial charge >= 0.3 is 0 Å². The average Bonchev–Trinajstić information content (AvgIpc) is 2.89. The van der Waals surface area contributed by atoms with E-state index in [9.17, 15) is 8.42 Å². The van der Waals surface area contributed by atoms with Crippen molar-refractivity contribution in [3.63, 3.8) is 0 Å². The van der Waals surface area contributed by atoms with Crippen LogP contribution in [0, 0.1) is 22.7 Å². The van der Waals surface area contributed by atoms with Gasteiger partial charge in [-0.15, -0.1) is 0 Å². The van der Waals surface area contributed by atoms with E-state index in [1.807, 2.05) is 18.2 Å². The first kappa shape index (κ1) is 31.9. The topological polar surface area (TPSA) is 61.8 Å². The molecular weight excluding hydrogens is 537 g/mol. The standard InChI is InChI=1S/C33H54O5SSi/c1-26-18-19-28-29(16-13-20-32(28,5)25-39(34,35)27-14-9-8-10-15-27)33(26,24-38-40(6,7)31(2,3)4)21-23-37-30-17-11-12-22-36-30/h8-10,14-16,26,28,30H,11-13,17-25H2,1-7H3/t26-,28-,30?,32+,33+/m1/s1. The number of benzene rings is 1. The summed E-state index contributed by atoms with van der Waals surface area (Å²) in [5.74, 6) is 0.847. The lowest BCUT2D eigenvalue weighted by atomic mass is 9.52. The summed E-state index contributed by atoms with van der Waals surface area (Å²) in [5.41, 5.74) is 0.967. The van der Waals surface area contributed by atoms with Gasteiger partial charge in [0.2, 0.25) is 0 Å². The lowest BCUT2D eigenvalue weighted by molar-refractivity contribution is -0.168. The molecule has 0 N–H and O–H groups in total. The third kappa shape index (κ3) is 6.80. The molecule has 1 saturated heterocycles. The van der Waals surface area contributed by atoms with E-state index >= 15 is 0 Å². The van der Waals surface area contributed by atoms with Crippen molar-refractivity contribution in [1.29, 1.82) is 0 Å². The second kappa shape index (κ2) is 12.3. The van der Waals surface area contributed by atoms with E-state index in [0.29, 0.717) is 24.0 Å². The van der Waals surface area contributed by atoms with Crippen LogP contribution >= 0.6 is 0 Å². The van der Waals surface area contributed by atoms with Gasteiger partial charge in [0.15, 0.2) is 24.4 Å². The van der Waals surface area contributed by atoms with Crippen molar-refractivity contribution in [2.24, 2.45) is 22.7 Å². The Bertz CT molecular complexity index is 1120. The van der Waals surface area contributed by atoms with Crippen LogP contribution in [0.4, 0.5) is 0 Å². The van der Waals surface area contributed by atoms with Crippen LogP contribution in [-0.2, 0) is 23.7 Å². The van der Waals surface area contributed by atoms with Crippen molar-refractivity contribution in [1.82, 2.24) is 0 Å². The van der Waals surface area contributed by atoms with Crippen molar-refractivity contribution >= 4 is 18.2 Å². The van der Waals surface area contributed by atoms with Crippen LogP contribution in [-0.4, -0.2) is 48.6 Å². The molecule has 1 aliphatic heterocycles. The predicted molar refractivity (Wildman–Crippen MR) is 166 cm³/mol. The highest BCUT2D eigenvalue weighted by molar-refractivity contribution is 7.91. The zero-order valence-corrected chi connectivity index (χ0v) is 27.9. The van der Waals surface area contributed by atoms with Gasteiger partial charge in [0, 0.05) is 18.6 Å². The summed E-state index contributed by atoms with van der Waals surface area (Å²) in [6.45, 7) is 18.3. The zero-order valence-electron chi connectivity index (χ0n) is 26.1. The number of fused-ring (bicyclic) bond motifs is 1. The molecule has 1 heterocycles. The molecule has 40 heavy (non-hydrogen) atoms. The highest BCUT2D eigenvalue weighted by Crippen LogP contribution is 2.59. The summed E-state index contributed by atoms with van der Waals surface area (Å²) in [7, 11) is -5.40. The van der Waals surface area contributed by atoms with Crippen LogP contribution in [0.5, 0.6) is 0 Å². The summed E-state index contributed by atoms with van der Waals surface area (Å²) in [6, 6.07) is 9.00. The van der Waals surface area contributed by atoms with E-state index in [2.05, 4.69) is 53.8 Å². The molecule has 1 unspecified atom stereocenters. The molecule has 0 amide bonds. The molecule has 0 radical (unpaired) electrons. The largest absolute Gasteiger partial charge is 0.416 e. The maximum absolute atomic E-state index is 13.6. The Morgan fingerprint density at radius 1 is 1.07 bits per heavy atom. The Labute approximate surface area is 245 Å². The molecular formula is C33H54O5SSi. The van der Waals surface area contributed by atoms with Gasteiger partial charge in [-0.25, -0.2) is 8.42 Å². The second-order valence-electron chi connectivity index (χ2n) is 14.6. The van der Waals surface area contributed by atoms with Crippen molar-refractivity contribution in [2.75, 3.05) is 25.6 Å². The van der Waals surface area contributed by atoms with Crippen LogP contribution in [0.15, 0.2) is 46.9 Å². The number of hydrogen-bond acceptors (Lipinski definition) is 5. The summed E-state index contributed by atoms with van der Waals surface area (Å²) in [5, 5.41) is 0.122. The lowest BCUT2D eigenvalue weighted by Gasteiger charge is -2.56. The van der Waals surface area contributed by atoms with Gasteiger partial charge in [-0.2, -0.15) is 0 Å². The fourth-order valence-corrected chi connectivity index (χ4v) is 10.0. The predicted octanol–water partition coefficient (Wildman–Crippen LogP) is 8.17. The maximum atomic E-state index is 13.6. The zero-order chi connectivity index (χ0) is 29.2. The Kier molecular flexibility index (Phi) is 9.83. The van der Waals surface area contributed by atoms with Crippen LogP contribution < -0.4 is 0 Å². The minimum Gasteiger partial charge on any atom is -0.416 e. The van der Waals surface area contributed by atoms with Crippen LogP contribution in [0.3, 0.4) is 0 Å². The molecule has 1 aromatic rings. The van der Waals surface area contributed by atoms with Gasteiger partial charge in [-0.3, -0.25) is 0 Å². The van der Waals surface area contributed by atoms with Crippen molar-refractivity contribution in [3.05, 3.63) is 42.0 Å². The molecule has 4 rings (SSSR count). The van der Waals surface area contributed by atoms with Crippen molar-refractivity contribution in [2.45, 2.75) is 115 Å². The van der Waals surface area contributed by atoms with E-state index in [0.717, 1.165) is 58.0 Å². The van der Waals surface area contributed by atoms with Crippen LogP contribution in [0.2, 0.25) is 18.1 Å². The number of ether oxygens (including phenoxy) is 2. The fourth-order valence-electron chi connectivity index (χ4n) is 7.03. The summed E-state index contributed by atoms with van der Waals surface area (Å²) >= 11 is 0. The Balaban J connectivity index is 1.64. The van der Waals surface area contributed by atoms with Gasteiger partial charge < -0.3 is 13.9 Å². The van der Waals surface area contributed by atoms with E-state index in [1.165, 1.54) is 5.57 Å². The molecule has 0 aromatic heterocycles. The average molecular weight is 591 g/mol. The molecule has 5 nitrogen and oxygen atoms in total. The number of rotatable bonds is 10. The third-order valence-corrected chi connectivity index (χ3v) is 17.3. The minimum absolute atomic E-state index is 0.108. The van der Waals surface area contributed by atoms with Gasteiger partial charge in [0.05, 0.1) is 17.3 Å². The van der Waals surface area contributed by atoms with Crippen LogP contribution in [0.25, 0.3) is 0 Å². The maximum Gasteiger partial charge on any atom is 0.192 e. The summed E-state index contributed by atoms with van der Waals surface area (Å²) < 4.78 is 46.6. The molecule has 226 valence electrons. The number of sulfone groups is 1. The van der Waals surface area contributed by atoms with E-state index < -0.39 is 18.2 Å². The van der Waals surface area contributed by atoms with E-state index in [1.54, 1.807) is 12.1 Å². The van der Waals surface area contributed by atoms with Crippen molar-refractivity contribution < 1.29 is 22.3 Å². The van der Waals surface area contributed by atoms with Gasteiger partial charge in [0.1, 0.15) is 0 Å². The first-order chi connectivity index (χ1) is 18.7. The van der Waals surface area contributed by atoms with Crippen LogP contribution in [0.1, 0.15) is 86.0 Å². The minimum atomic E-state index is -3.40. The number of hydrogen-bond donors (Lipinski definition) is 0. The van der Waals surface area contributed by atoms with Gasteiger partial charge in [-0.1, -0.05) is 64.5 Å². The smallest absolute Gasteiger partial charge is 0.192 e. The highest BCUT2D eigenvalue weighted by atomic mass is 32.2. The molecule has 3 aliphatic rings. The molecule has 7 heteroatoms. The molecule has 0 spiro atoms. The monoisotopic (exact) mass is 590 g/mol. The molecule has 0 bridgehead atoms. The first-order valence-electron chi connectivity index (χ1n) is 15.6. The molecule has 5 atom stereocenters. The highest BCUT2D eigenvalue weighted by Gasteiger charge is 2.54. The van der Waals surface area contributed by atoms with E-state index in [4.69, 9.17) is 13.9 Å². The van der Waals surface area contributed by atoms with E-state index in [-0.39, 0.29) is 33.8 Å². The normalized spacial score (nSPS) is 31.9. The third-order valence-electron chi connectivity index (χ3n) is 10.8. The summed E-state index contributed by atoms with van der Waals surface area (Å²) in [4.78, 5) is 0.435. The Hall–Kier alpha value is -0.993. The summed E-state index contributed by atoms with van der Waals surface area (Å²) in [6.07, 6.45) is 10.4. The second-order valence-corrected chi connectivity index (χ2v) is 21.4. The first-order valence-corrected chi connectivity index (χ1v) is 20.1. The molecule has 2 fully saturated rings. The lowest BCUT2D eigenvalue weighted by Crippen LogP contribution is -2.52. The Morgan fingerprint density at radius 3 is 2.45 bits per heavy atom. The van der Waals surface area contributed by atoms with Crippen molar-refractivity contribution in [3.8, 4) is 0 Å².